The second-order valence-corrected chi connectivity index (χ2v) is 8.24. The van der Waals surface area contributed by atoms with Crippen LogP contribution >= 0.6 is 27.7 Å². The van der Waals surface area contributed by atoms with Gasteiger partial charge in [-0.15, -0.1) is 11.8 Å². The molecule has 8 heteroatoms. The molecule has 0 bridgehead atoms. The Morgan fingerprint density at radius 1 is 1.57 bits per heavy atom. The van der Waals surface area contributed by atoms with Gasteiger partial charge in [0.1, 0.15) is 34.7 Å². The second kappa shape index (κ2) is 5.43. The number of thioether (sulfide) groups is 1. The molecule has 3 N–H and O–H groups in total. The van der Waals surface area contributed by atoms with Crippen LogP contribution in [0, 0.1) is 11.0 Å². The minimum absolute atomic E-state index is 0.0303. The molecule has 1 aromatic carbocycles. The zero-order valence-corrected chi connectivity index (χ0v) is 14.0. The third kappa shape index (κ3) is 2.73. The monoisotopic (exact) mass is 382 g/mol. The molecule has 21 heavy (non-hydrogen) atoms. The average Bonchev–Trinajstić information content (AvgIpc) is 2.38. The molecule has 0 amide bonds. The first-order valence-corrected chi connectivity index (χ1v) is 8.00. The Hall–Kier alpha value is -0.250. The minimum Gasteiger partial charge on any atom is -0.598 e. The minimum atomic E-state index is -1.71. The summed E-state index contributed by atoms with van der Waals surface area (Å²) < 4.78 is 27.0. The summed E-state index contributed by atoms with van der Waals surface area (Å²) in [6, 6.07) is 4.10. The molecule has 2 rings (SSSR count). The number of hydroxylamine groups is 4. The molecule has 2 unspecified atom stereocenters. The summed E-state index contributed by atoms with van der Waals surface area (Å²) in [5, 5.41) is 21.7. The van der Waals surface area contributed by atoms with Gasteiger partial charge in [0.25, 0.3) is 0 Å². The van der Waals surface area contributed by atoms with Crippen LogP contribution in [0.25, 0.3) is 0 Å². The molecule has 118 valence electrons. The van der Waals surface area contributed by atoms with Gasteiger partial charge in [-0.25, -0.2) is 18.8 Å². The Balaban J connectivity index is 2.55. The summed E-state index contributed by atoms with van der Waals surface area (Å²) in [6.07, 6.45) is 0. The quantitative estimate of drug-likeness (QED) is 0.608. The van der Waals surface area contributed by atoms with E-state index in [4.69, 9.17) is 5.73 Å². The van der Waals surface area contributed by atoms with Crippen LogP contribution in [0.4, 0.5) is 8.78 Å². The van der Waals surface area contributed by atoms with E-state index in [-0.39, 0.29) is 5.56 Å². The fraction of sp³-hybridized carbons (Fsp3) is 0.538. The Kier molecular flexibility index (Phi) is 4.43. The highest BCUT2D eigenvalue weighted by Gasteiger charge is 2.57. The largest absolute Gasteiger partial charge is 0.598 e. The maximum atomic E-state index is 14.1. The first-order chi connectivity index (χ1) is 9.56. The molecule has 3 atom stereocenters. The van der Waals surface area contributed by atoms with E-state index in [9.17, 15) is 19.2 Å². The predicted octanol–water partition coefficient (Wildman–Crippen LogP) is 3.27. The lowest BCUT2D eigenvalue weighted by Gasteiger charge is -2.57. The van der Waals surface area contributed by atoms with Gasteiger partial charge >= 0.3 is 0 Å². The first-order valence-electron chi connectivity index (χ1n) is 6.32. The van der Waals surface area contributed by atoms with Gasteiger partial charge in [0.2, 0.25) is 0 Å². The zero-order chi connectivity index (χ0) is 16.1. The zero-order valence-electron chi connectivity index (χ0n) is 11.6. The van der Waals surface area contributed by atoms with Gasteiger partial charge in [-0.05, 0) is 32.0 Å². The molecular weight excluding hydrogens is 366 g/mol. The van der Waals surface area contributed by atoms with Crippen LogP contribution in [-0.2, 0) is 4.75 Å². The highest BCUT2D eigenvalue weighted by atomic mass is 79.9. The van der Waals surface area contributed by atoms with Crippen LogP contribution in [-0.4, -0.2) is 34.1 Å². The number of nitrogens with zero attached hydrogens (tertiary/aromatic N) is 1. The molecule has 1 aromatic rings. The summed E-state index contributed by atoms with van der Waals surface area (Å²) in [7, 11) is 0. The van der Waals surface area contributed by atoms with Gasteiger partial charge in [-0.2, -0.15) is 0 Å². The third-order valence-electron chi connectivity index (χ3n) is 4.05. The number of rotatable bonds is 2. The van der Waals surface area contributed by atoms with Crippen LogP contribution in [0.5, 0.6) is 0 Å². The smallest absolute Gasteiger partial charge is 0.147 e. The van der Waals surface area contributed by atoms with Crippen molar-refractivity contribution in [1.82, 2.24) is 0 Å². The molecular formula is C13H17BrF2N2O2S. The van der Waals surface area contributed by atoms with Crippen molar-refractivity contribution in [2.75, 3.05) is 13.2 Å². The van der Waals surface area contributed by atoms with E-state index in [2.05, 4.69) is 15.9 Å². The molecule has 1 fully saturated rings. The number of benzene rings is 1. The Labute approximate surface area is 134 Å². The van der Waals surface area contributed by atoms with Crippen molar-refractivity contribution in [3.8, 4) is 0 Å². The number of nitrogens with two attached hydrogens (primary N) is 1. The van der Waals surface area contributed by atoms with Gasteiger partial charge in [0.05, 0.1) is 0 Å². The van der Waals surface area contributed by atoms with Crippen molar-refractivity contribution in [3.63, 3.8) is 0 Å². The predicted molar refractivity (Wildman–Crippen MR) is 81.7 cm³/mol. The topological polar surface area (TPSA) is 69.3 Å². The molecule has 1 aliphatic heterocycles. The summed E-state index contributed by atoms with van der Waals surface area (Å²) in [5.41, 5.74) is 4.77. The first kappa shape index (κ1) is 17.1. The number of hydrogen-bond acceptors (Lipinski definition) is 4. The van der Waals surface area contributed by atoms with Crippen molar-refractivity contribution >= 4 is 27.7 Å². The Morgan fingerprint density at radius 2 is 2.19 bits per heavy atom. The standard InChI is InChI=1S/C13H17BrF2N2O2S/c1-12(2)11(17)21-13(6-15,7-18(12,19)20)9-5-8(14)3-4-10(9)16/h3-5,11,19H,6-7,17H2,1-2H3/t11-,13?/m1/s1. The molecule has 0 spiro atoms. The van der Waals surface area contributed by atoms with E-state index < -0.39 is 39.5 Å². The van der Waals surface area contributed by atoms with Crippen molar-refractivity contribution in [1.29, 1.82) is 0 Å². The summed E-state index contributed by atoms with van der Waals surface area (Å²) in [4.78, 5) is -1.71. The van der Waals surface area contributed by atoms with Crippen molar-refractivity contribution in [2.24, 2.45) is 5.73 Å². The van der Waals surface area contributed by atoms with Crippen LogP contribution in [0.2, 0.25) is 0 Å². The van der Waals surface area contributed by atoms with E-state index in [1.165, 1.54) is 32.0 Å². The number of hydrogen-bond donors (Lipinski definition) is 2. The van der Waals surface area contributed by atoms with E-state index in [0.717, 1.165) is 11.8 Å². The van der Waals surface area contributed by atoms with Gasteiger partial charge in [-0.3, -0.25) is 0 Å². The highest BCUT2D eigenvalue weighted by molar-refractivity contribution is 9.10. The van der Waals surface area contributed by atoms with Crippen LogP contribution in [0.1, 0.15) is 19.4 Å². The fourth-order valence-electron chi connectivity index (χ4n) is 2.31. The van der Waals surface area contributed by atoms with Crippen LogP contribution < -0.4 is 5.73 Å². The second-order valence-electron chi connectivity index (χ2n) is 5.80. The number of alkyl halides is 1. The average molecular weight is 383 g/mol. The van der Waals surface area contributed by atoms with E-state index >= 15 is 0 Å². The molecule has 0 saturated carbocycles. The molecule has 1 aliphatic rings. The van der Waals surface area contributed by atoms with Crippen molar-refractivity contribution in [2.45, 2.75) is 29.5 Å². The van der Waals surface area contributed by atoms with E-state index in [0.29, 0.717) is 4.47 Å². The molecule has 0 radical (unpaired) electrons. The summed E-state index contributed by atoms with van der Waals surface area (Å²) in [5.74, 6) is -0.629. The van der Waals surface area contributed by atoms with Gasteiger partial charge < -0.3 is 10.9 Å². The highest BCUT2D eigenvalue weighted by Crippen LogP contribution is 2.51. The van der Waals surface area contributed by atoms with Gasteiger partial charge in [-0.1, -0.05) is 15.9 Å². The Morgan fingerprint density at radius 3 is 2.71 bits per heavy atom. The number of halogens is 3. The molecule has 1 heterocycles. The molecule has 1 saturated heterocycles. The SMILES string of the molecule is CC1(C)[C@H](N)SC(CF)(c2cc(Br)ccc2F)C[N+]1([O-])O. The van der Waals surface area contributed by atoms with Crippen LogP contribution in [0.15, 0.2) is 22.7 Å². The number of quaternary nitrogens is 1. The fourth-order valence-corrected chi connectivity index (χ4v) is 4.21. The third-order valence-corrected chi connectivity index (χ3v) is 6.29. The maximum Gasteiger partial charge on any atom is 0.147 e. The van der Waals surface area contributed by atoms with Crippen molar-refractivity contribution in [3.05, 3.63) is 39.3 Å². The van der Waals surface area contributed by atoms with Crippen LogP contribution in [0.3, 0.4) is 0 Å². The van der Waals surface area contributed by atoms with E-state index in [1.54, 1.807) is 0 Å². The normalized spacial score (nSPS) is 35.7. The molecule has 4 nitrogen and oxygen atoms in total. The maximum absolute atomic E-state index is 14.1. The van der Waals surface area contributed by atoms with E-state index in [1.807, 2.05) is 0 Å². The van der Waals surface area contributed by atoms with Gasteiger partial charge in [0.15, 0.2) is 0 Å². The lowest BCUT2D eigenvalue weighted by molar-refractivity contribution is -1.10. The van der Waals surface area contributed by atoms with Gasteiger partial charge in [0, 0.05) is 10.0 Å². The van der Waals surface area contributed by atoms with Crippen molar-refractivity contribution < 1.29 is 18.8 Å². The lowest BCUT2D eigenvalue weighted by atomic mass is 9.94. The molecule has 0 aliphatic carbocycles. The molecule has 0 aromatic heterocycles. The summed E-state index contributed by atoms with van der Waals surface area (Å²) >= 11 is 4.19. The summed E-state index contributed by atoms with van der Waals surface area (Å²) in [6.45, 7) is 1.51. The Bertz CT molecular complexity index is 559. The lowest BCUT2D eigenvalue weighted by Crippen LogP contribution is -2.70.